The van der Waals surface area contributed by atoms with Gasteiger partial charge in [0, 0.05) is 0 Å². The zero-order chi connectivity index (χ0) is 13.5. The van der Waals surface area contributed by atoms with Crippen LogP contribution in [0.4, 0.5) is 0 Å². The first-order valence-corrected chi connectivity index (χ1v) is 9.21. The van der Waals surface area contributed by atoms with Crippen molar-refractivity contribution in [1.82, 2.24) is 0 Å². The van der Waals surface area contributed by atoms with Gasteiger partial charge in [-0.1, -0.05) is 0 Å². The monoisotopic (exact) mass is 326 g/mol. The molecule has 0 aliphatic heterocycles. The van der Waals surface area contributed by atoms with Crippen LogP contribution in [0.3, 0.4) is 0 Å². The SMILES string of the molecule is CCOC(=O)C1CCC(C[Se]c2ccccc2)CC1. The molecule has 1 saturated carbocycles. The van der Waals surface area contributed by atoms with Gasteiger partial charge in [-0.3, -0.25) is 0 Å². The summed E-state index contributed by atoms with van der Waals surface area (Å²) in [5.74, 6) is 1.00. The minimum absolute atomic E-state index is 0.0227. The van der Waals surface area contributed by atoms with E-state index >= 15 is 0 Å². The summed E-state index contributed by atoms with van der Waals surface area (Å²) in [7, 11) is 0. The molecular weight excluding hydrogens is 303 g/mol. The average Bonchev–Trinajstić information content (AvgIpc) is 2.47. The molecule has 1 aliphatic rings. The Kier molecular flexibility index (Phi) is 5.93. The van der Waals surface area contributed by atoms with Crippen LogP contribution in [0.2, 0.25) is 5.32 Å². The molecule has 1 aliphatic carbocycles. The van der Waals surface area contributed by atoms with Crippen LogP contribution < -0.4 is 4.46 Å². The first kappa shape index (κ1) is 14.6. The van der Waals surface area contributed by atoms with Gasteiger partial charge in [-0.15, -0.1) is 0 Å². The van der Waals surface area contributed by atoms with Gasteiger partial charge in [0.2, 0.25) is 0 Å². The molecule has 1 aromatic carbocycles. The Morgan fingerprint density at radius 2 is 1.89 bits per heavy atom. The van der Waals surface area contributed by atoms with Crippen molar-refractivity contribution in [2.75, 3.05) is 6.61 Å². The van der Waals surface area contributed by atoms with Gasteiger partial charge in [0.15, 0.2) is 0 Å². The number of ether oxygens (including phenoxy) is 1. The number of hydrogen-bond donors (Lipinski definition) is 0. The summed E-state index contributed by atoms with van der Waals surface area (Å²) in [6.07, 6.45) is 4.43. The van der Waals surface area contributed by atoms with E-state index in [2.05, 4.69) is 30.3 Å². The van der Waals surface area contributed by atoms with Crippen LogP contribution in [0.25, 0.3) is 0 Å². The third-order valence-electron chi connectivity index (χ3n) is 3.70. The van der Waals surface area contributed by atoms with Crippen molar-refractivity contribution in [3.8, 4) is 0 Å². The van der Waals surface area contributed by atoms with Gasteiger partial charge >= 0.3 is 122 Å². The van der Waals surface area contributed by atoms with Crippen molar-refractivity contribution in [3.63, 3.8) is 0 Å². The first-order valence-electron chi connectivity index (χ1n) is 7.14. The molecule has 0 heterocycles. The molecule has 0 spiro atoms. The first-order chi connectivity index (χ1) is 9.29. The van der Waals surface area contributed by atoms with Crippen molar-refractivity contribution in [1.29, 1.82) is 0 Å². The molecule has 1 fully saturated rings. The van der Waals surface area contributed by atoms with Crippen LogP contribution in [0, 0.1) is 11.8 Å². The van der Waals surface area contributed by atoms with Crippen molar-refractivity contribution < 1.29 is 9.53 Å². The van der Waals surface area contributed by atoms with Crippen LogP contribution in [-0.4, -0.2) is 27.5 Å². The molecule has 0 unspecified atom stereocenters. The fourth-order valence-electron chi connectivity index (χ4n) is 2.56. The molecule has 104 valence electrons. The number of carbonyl (C=O) groups excluding carboxylic acids is 1. The van der Waals surface area contributed by atoms with E-state index < -0.39 is 0 Å². The van der Waals surface area contributed by atoms with Crippen molar-refractivity contribution in [2.24, 2.45) is 11.8 Å². The number of rotatable bonds is 5. The van der Waals surface area contributed by atoms with Gasteiger partial charge in [-0.05, 0) is 0 Å². The van der Waals surface area contributed by atoms with E-state index in [-0.39, 0.29) is 11.9 Å². The molecule has 0 atom stereocenters. The predicted octanol–water partition coefficient (Wildman–Crippen LogP) is 2.80. The zero-order valence-electron chi connectivity index (χ0n) is 11.5. The van der Waals surface area contributed by atoms with Crippen LogP contribution in [0.5, 0.6) is 0 Å². The molecule has 0 bridgehead atoms. The maximum absolute atomic E-state index is 11.7. The molecule has 2 nitrogen and oxygen atoms in total. The van der Waals surface area contributed by atoms with E-state index in [0.717, 1.165) is 18.8 Å². The van der Waals surface area contributed by atoms with E-state index in [1.54, 1.807) is 0 Å². The van der Waals surface area contributed by atoms with Gasteiger partial charge in [0.1, 0.15) is 0 Å². The van der Waals surface area contributed by atoms with Crippen LogP contribution in [0.1, 0.15) is 32.6 Å². The van der Waals surface area contributed by atoms with E-state index in [1.807, 2.05) is 6.92 Å². The molecule has 3 heteroatoms. The quantitative estimate of drug-likeness (QED) is 0.615. The minimum atomic E-state index is 0.0227. The Morgan fingerprint density at radius 1 is 1.21 bits per heavy atom. The third kappa shape index (κ3) is 4.67. The number of carbonyl (C=O) groups is 1. The van der Waals surface area contributed by atoms with Crippen LogP contribution in [0.15, 0.2) is 30.3 Å². The molecule has 1 aromatic rings. The second-order valence-corrected chi connectivity index (χ2v) is 7.39. The summed E-state index contributed by atoms with van der Waals surface area (Å²) in [6, 6.07) is 10.8. The molecular formula is C16H22O2Se. The normalized spacial score (nSPS) is 23.0. The van der Waals surface area contributed by atoms with Crippen LogP contribution in [-0.2, 0) is 9.53 Å². The van der Waals surface area contributed by atoms with Gasteiger partial charge in [0.05, 0.1) is 0 Å². The molecule has 0 N–H and O–H groups in total. The van der Waals surface area contributed by atoms with Gasteiger partial charge < -0.3 is 0 Å². The number of hydrogen-bond acceptors (Lipinski definition) is 2. The third-order valence-corrected chi connectivity index (χ3v) is 6.30. The predicted molar refractivity (Wildman–Crippen MR) is 78.7 cm³/mol. The summed E-state index contributed by atoms with van der Waals surface area (Å²) in [5.41, 5.74) is 0. The standard InChI is InChI=1S/C16H22O2Se/c1-2-18-16(17)14-10-8-13(9-11-14)12-19-15-6-4-3-5-7-15/h3-7,13-14H,2,8-12H2,1H3. The molecule has 19 heavy (non-hydrogen) atoms. The maximum atomic E-state index is 11.7. The summed E-state index contributed by atoms with van der Waals surface area (Å²) in [5, 5.41) is 1.31. The Bertz CT molecular complexity index is 383. The summed E-state index contributed by atoms with van der Waals surface area (Å²) >= 11 is 0.586. The molecule has 0 aromatic heterocycles. The molecule has 0 radical (unpaired) electrons. The second kappa shape index (κ2) is 7.71. The van der Waals surface area contributed by atoms with E-state index in [9.17, 15) is 4.79 Å². The molecule has 0 amide bonds. The summed E-state index contributed by atoms with van der Waals surface area (Å²) in [6.45, 7) is 2.39. The van der Waals surface area contributed by atoms with Crippen molar-refractivity contribution >= 4 is 25.4 Å². The fourth-order valence-corrected chi connectivity index (χ4v) is 4.89. The van der Waals surface area contributed by atoms with Crippen LogP contribution >= 0.6 is 0 Å². The van der Waals surface area contributed by atoms with E-state index in [0.29, 0.717) is 21.6 Å². The van der Waals surface area contributed by atoms with Gasteiger partial charge in [0.25, 0.3) is 0 Å². The number of esters is 1. The van der Waals surface area contributed by atoms with Crippen molar-refractivity contribution in [2.45, 2.75) is 37.9 Å². The Balaban J connectivity index is 1.70. The number of benzene rings is 1. The van der Waals surface area contributed by atoms with E-state index in [4.69, 9.17) is 4.74 Å². The Labute approximate surface area is 122 Å². The summed E-state index contributed by atoms with van der Waals surface area (Å²) < 4.78 is 6.60. The zero-order valence-corrected chi connectivity index (χ0v) is 13.2. The second-order valence-electron chi connectivity index (χ2n) is 5.09. The Morgan fingerprint density at radius 3 is 2.53 bits per heavy atom. The fraction of sp³-hybridized carbons (Fsp3) is 0.562. The van der Waals surface area contributed by atoms with Gasteiger partial charge in [-0.2, -0.15) is 0 Å². The topological polar surface area (TPSA) is 26.3 Å². The Hall–Kier alpha value is -0.791. The molecule has 2 rings (SSSR count). The van der Waals surface area contributed by atoms with Crippen molar-refractivity contribution in [3.05, 3.63) is 30.3 Å². The summed E-state index contributed by atoms with van der Waals surface area (Å²) in [4.78, 5) is 11.7. The van der Waals surface area contributed by atoms with Gasteiger partial charge in [-0.25, -0.2) is 0 Å². The average molecular weight is 325 g/mol. The molecule has 0 saturated heterocycles. The van der Waals surface area contributed by atoms with E-state index in [1.165, 1.54) is 22.6 Å².